The van der Waals surface area contributed by atoms with Gasteiger partial charge in [0.25, 0.3) is 0 Å². The van der Waals surface area contributed by atoms with Crippen molar-refractivity contribution in [3.8, 4) is 0 Å². The zero-order valence-corrected chi connectivity index (χ0v) is 15.1. The van der Waals surface area contributed by atoms with E-state index >= 15 is 0 Å². The van der Waals surface area contributed by atoms with E-state index in [1.165, 1.54) is 7.11 Å². The Labute approximate surface area is 124 Å². The summed E-state index contributed by atoms with van der Waals surface area (Å²) >= 11 is 0. The smallest absolute Gasteiger partial charge is 0.246 e. The molecule has 4 nitrogen and oxygen atoms in total. The highest BCUT2D eigenvalue weighted by Crippen LogP contribution is 2.41. The molecule has 0 bridgehead atoms. The van der Waals surface area contributed by atoms with Crippen molar-refractivity contribution in [2.75, 3.05) is 7.11 Å². The van der Waals surface area contributed by atoms with Gasteiger partial charge in [0.1, 0.15) is 0 Å². The average molecular weight is 302 g/mol. The van der Waals surface area contributed by atoms with E-state index in [4.69, 9.17) is 9.26 Å². The van der Waals surface area contributed by atoms with Crippen molar-refractivity contribution >= 4 is 14.2 Å². The number of hydrogen-bond donors (Lipinski definition) is 1. The molecule has 1 fully saturated rings. The van der Waals surface area contributed by atoms with Crippen molar-refractivity contribution in [2.45, 2.75) is 71.2 Å². The number of carbonyl (C=O) groups is 1. The van der Waals surface area contributed by atoms with Crippen LogP contribution in [0.15, 0.2) is 0 Å². The molecule has 0 spiro atoms. The van der Waals surface area contributed by atoms with Crippen LogP contribution in [0.3, 0.4) is 0 Å². The van der Waals surface area contributed by atoms with Gasteiger partial charge in [-0.1, -0.05) is 27.7 Å². The molecular weight excluding hydrogens is 270 g/mol. The Morgan fingerprint density at radius 1 is 1.25 bits per heavy atom. The monoisotopic (exact) mass is 301 g/mol. The maximum absolute atomic E-state index is 11.8. The minimum atomic E-state index is -1.72. The molecule has 1 aliphatic rings. The van der Waals surface area contributed by atoms with Gasteiger partial charge in [0.15, 0.2) is 8.32 Å². The largest absolute Gasteiger partial charge is 0.414 e. The minimum absolute atomic E-state index is 0.00475. The molecule has 0 radical (unpaired) electrons. The standard InChI is InChI=1S/C15H31NO3Si/c1-11-10-12(14(17)16-18-5)8-9-13(11)19-20(6,7)15(2,3)4/h11-13H,8-10H2,1-7H3,(H,16,17). The van der Waals surface area contributed by atoms with Crippen LogP contribution in [0.1, 0.15) is 47.0 Å². The Kier molecular flexibility index (Phi) is 5.81. The van der Waals surface area contributed by atoms with Crippen LogP contribution >= 0.6 is 0 Å². The van der Waals surface area contributed by atoms with Crippen LogP contribution < -0.4 is 5.48 Å². The Hall–Kier alpha value is -0.393. The average Bonchev–Trinajstić information content (AvgIpc) is 2.30. The van der Waals surface area contributed by atoms with E-state index in [-0.39, 0.29) is 16.9 Å². The second-order valence-corrected chi connectivity index (χ2v) is 12.3. The Balaban J connectivity index is 2.59. The van der Waals surface area contributed by atoms with Crippen molar-refractivity contribution < 1.29 is 14.1 Å². The number of hydrogen-bond acceptors (Lipinski definition) is 3. The predicted octanol–water partition coefficient (Wildman–Crippen LogP) is 3.49. The number of hydroxylamine groups is 1. The Morgan fingerprint density at radius 3 is 2.30 bits per heavy atom. The number of amides is 1. The summed E-state index contributed by atoms with van der Waals surface area (Å²) in [6.45, 7) is 13.6. The minimum Gasteiger partial charge on any atom is -0.414 e. The highest BCUT2D eigenvalue weighted by atomic mass is 28.4. The van der Waals surface area contributed by atoms with Crippen molar-refractivity contribution in [1.82, 2.24) is 5.48 Å². The third-order valence-electron chi connectivity index (χ3n) is 4.92. The fourth-order valence-electron chi connectivity index (χ4n) is 2.52. The number of rotatable bonds is 4. The van der Waals surface area contributed by atoms with Crippen molar-refractivity contribution in [3.63, 3.8) is 0 Å². The Bertz CT molecular complexity index is 339. The molecule has 20 heavy (non-hydrogen) atoms. The first-order valence-electron chi connectivity index (χ1n) is 7.59. The van der Waals surface area contributed by atoms with Gasteiger partial charge in [-0.2, -0.15) is 0 Å². The Morgan fingerprint density at radius 2 is 1.85 bits per heavy atom. The van der Waals surface area contributed by atoms with E-state index in [9.17, 15) is 4.79 Å². The van der Waals surface area contributed by atoms with Gasteiger partial charge in [0, 0.05) is 12.0 Å². The van der Waals surface area contributed by atoms with Crippen molar-refractivity contribution in [1.29, 1.82) is 0 Å². The third-order valence-corrected chi connectivity index (χ3v) is 9.42. The second-order valence-electron chi connectivity index (χ2n) is 7.57. The molecule has 1 aliphatic carbocycles. The van der Waals surface area contributed by atoms with E-state index in [2.05, 4.69) is 46.3 Å². The predicted molar refractivity (Wildman–Crippen MR) is 83.7 cm³/mol. The summed E-state index contributed by atoms with van der Waals surface area (Å²) < 4.78 is 6.52. The van der Waals surface area contributed by atoms with E-state index < -0.39 is 8.32 Å². The van der Waals surface area contributed by atoms with Gasteiger partial charge in [-0.05, 0) is 43.3 Å². The summed E-state index contributed by atoms with van der Waals surface area (Å²) in [7, 11) is -0.244. The van der Waals surface area contributed by atoms with Crippen LogP contribution in [-0.4, -0.2) is 27.4 Å². The molecule has 1 amide bonds. The van der Waals surface area contributed by atoms with Crippen LogP contribution in [0.2, 0.25) is 18.1 Å². The molecule has 1 N–H and O–H groups in total. The van der Waals surface area contributed by atoms with Gasteiger partial charge < -0.3 is 4.43 Å². The lowest BCUT2D eigenvalue weighted by atomic mass is 9.80. The fraction of sp³-hybridized carbons (Fsp3) is 0.933. The SMILES string of the molecule is CONC(=O)C1CCC(O[Si](C)(C)C(C)(C)C)C(C)C1. The molecule has 3 atom stereocenters. The first-order valence-corrected chi connectivity index (χ1v) is 10.5. The summed E-state index contributed by atoms with van der Waals surface area (Å²) in [5, 5.41) is 0.233. The van der Waals surface area contributed by atoms with Gasteiger partial charge >= 0.3 is 0 Å². The third kappa shape index (κ3) is 4.30. The molecule has 0 heterocycles. The highest BCUT2D eigenvalue weighted by Gasteiger charge is 2.42. The molecule has 0 aromatic carbocycles. The molecule has 0 aromatic rings. The van der Waals surface area contributed by atoms with Gasteiger partial charge in [-0.15, -0.1) is 0 Å². The zero-order valence-electron chi connectivity index (χ0n) is 14.1. The quantitative estimate of drug-likeness (QED) is 0.638. The lowest BCUT2D eigenvalue weighted by Gasteiger charge is -2.43. The van der Waals surface area contributed by atoms with E-state index in [1.54, 1.807) is 0 Å². The normalized spacial score (nSPS) is 28.2. The zero-order chi connectivity index (χ0) is 15.6. The summed E-state index contributed by atoms with van der Waals surface area (Å²) in [6.07, 6.45) is 3.03. The van der Waals surface area contributed by atoms with Gasteiger partial charge in [-0.25, -0.2) is 5.48 Å². The fourth-order valence-corrected chi connectivity index (χ4v) is 3.98. The lowest BCUT2D eigenvalue weighted by molar-refractivity contribution is -0.137. The second kappa shape index (κ2) is 6.58. The summed E-state index contributed by atoms with van der Waals surface area (Å²) in [4.78, 5) is 16.5. The van der Waals surface area contributed by atoms with Crippen LogP contribution in [0, 0.1) is 11.8 Å². The molecule has 5 heteroatoms. The molecule has 0 aliphatic heterocycles. The number of carbonyl (C=O) groups excluding carboxylic acids is 1. The van der Waals surface area contributed by atoms with Gasteiger partial charge in [-0.3, -0.25) is 9.63 Å². The topological polar surface area (TPSA) is 47.6 Å². The molecule has 0 saturated heterocycles. The molecule has 3 unspecified atom stereocenters. The van der Waals surface area contributed by atoms with E-state index in [0.717, 1.165) is 19.3 Å². The van der Waals surface area contributed by atoms with Gasteiger partial charge in [0.2, 0.25) is 5.91 Å². The maximum Gasteiger partial charge on any atom is 0.246 e. The maximum atomic E-state index is 11.8. The van der Waals surface area contributed by atoms with Crippen LogP contribution in [-0.2, 0) is 14.1 Å². The molecule has 0 aromatic heterocycles. The van der Waals surface area contributed by atoms with Crippen LogP contribution in [0.5, 0.6) is 0 Å². The lowest BCUT2D eigenvalue weighted by Crippen LogP contribution is -2.47. The highest BCUT2D eigenvalue weighted by molar-refractivity contribution is 6.74. The van der Waals surface area contributed by atoms with E-state index in [1.807, 2.05) is 0 Å². The molecular formula is C15H31NO3Si. The first kappa shape index (κ1) is 17.7. The summed E-state index contributed by atoms with van der Waals surface area (Å²) in [6, 6.07) is 0. The van der Waals surface area contributed by atoms with Crippen molar-refractivity contribution in [3.05, 3.63) is 0 Å². The summed E-state index contributed by atoms with van der Waals surface area (Å²) in [5.41, 5.74) is 2.45. The van der Waals surface area contributed by atoms with Crippen LogP contribution in [0.25, 0.3) is 0 Å². The molecule has 1 rings (SSSR count). The first-order chi connectivity index (χ1) is 9.08. The van der Waals surface area contributed by atoms with Gasteiger partial charge in [0.05, 0.1) is 7.11 Å². The summed E-state index contributed by atoms with van der Waals surface area (Å²) in [5.74, 6) is 0.486. The van der Waals surface area contributed by atoms with E-state index in [0.29, 0.717) is 12.0 Å². The number of nitrogens with one attached hydrogen (secondary N) is 1. The molecule has 1 saturated carbocycles. The molecule has 118 valence electrons. The van der Waals surface area contributed by atoms with Crippen molar-refractivity contribution in [2.24, 2.45) is 11.8 Å². The van der Waals surface area contributed by atoms with Crippen LogP contribution in [0.4, 0.5) is 0 Å².